The number of esters is 1. The maximum atomic E-state index is 12.0. The Balaban J connectivity index is 2.15. The van der Waals surface area contributed by atoms with E-state index < -0.39 is 0 Å². The first-order valence-corrected chi connectivity index (χ1v) is 6.82. The third kappa shape index (κ3) is 3.35. The summed E-state index contributed by atoms with van der Waals surface area (Å²) in [6.07, 6.45) is 5.82. The van der Waals surface area contributed by atoms with Gasteiger partial charge in [-0.15, -0.1) is 0 Å². The minimum absolute atomic E-state index is 0.170. The predicted molar refractivity (Wildman–Crippen MR) is 72.5 cm³/mol. The molecule has 100 valence electrons. The predicted octanol–water partition coefficient (Wildman–Crippen LogP) is 3.40. The highest BCUT2D eigenvalue weighted by atomic mass is 16.5. The average molecular weight is 257 g/mol. The van der Waals surface area contributed by atoms with Crippen molar-refractivity contribution in [1.29, 1.82) is 5.26 Å². The van der Waals surface area contributed by atoms with Crippen LogP contribution in [0.15, 0.2) is 24.3 Å². The van der Waals surface area contributed by atoms with Crippen molar-refractivity contribution in [2.45, 2.75) is 38.0 Å². The van der Waals surface area contributed by atoms with Gasteiger partial charge in [0.2, 0.25) is 0 Å². The summed E-state index contributed by atoms with van der Waals surface area (Å²) in [5.74, 6) is 0.261. The quantitative estimate of drug-likeness (QED) is 0.777. The molecule has 0 spiro atoms. The lowest BCUT2D eigenvalue weighted by Crippen LogP contribution is -2.17. The summed E-state index contributed by atoms with van der Waals surface area (Å²) in [7, 11) is 1.44. The summed E-state index contributed by atoms with van der Waals surface area (Å²) in [4.78, 5) is 12.0. The molecule has 0 bridgehead atoms. The molecule has 0 N–H and O–H groups in total. The van der Waals surface area contributed by atoms with Crippen molar-refractivity contribution < 1.29 is 9.53 Å². The number of methoxy groups -OCH3 is 1. The molecule has 0 aromatic heterocycles. The van der Waals surface area contributed by atoms with Crippen LogP contribution in [-0.2, 0) is 9.53 Å². The van der Waals surface area contributed by atoms with Crippen molar-refractivity contribution in [2.75, 3.05) is 7.11 Å². The molecule has 1 aromatic carbocycles. The summed E-state index contributed by atoms with van der Waals surface area (Å²) >= 11 is 0. The Labute approximate surface area is 114 Å². The smallest absolute Gasteiger partial charge is 0.313 e. The van der Waals surface area contributed by atoms with Crippen molar-refractivity contribution in [3.8, 4) is 6.07 Å². The van der Waals surface area contributed by atoms with E-state index in [0.29, 0.717) is 11.5 Å². The van der Waals surface area contributed by atoms with Crippen LogP contribution in [0.2, 0.25) is 0 Å². The highest BCUT2D eigenvalue weighted by Crippen LogP contribution is 2.34. The van der Waals surface area contributed by atoms with E-state index in [9.17, 15) is 4.79 Å². The minimum Gasteiger partial charge on any atom is -0.469 e. The first-order chi connectivity index (χ1) is 9.24. The lowest BCUT2D eigenvalue weighted by Gasteiger charge is -2.18. The van der Waals surface area contributed by atoms with Crippen LogP contribution in [-0.4, -0.2) is 13.1 Å². The molecule has 0 heterocycles. The molecule has 1 aliphatic carbocycles. The molecular weight excluding hydrogens is 238 g/mol. The molecule has 1 saturated carbocycles. The number of carbonyl (C=O) groups excluding carboxylic acids is 1. The topological polar surface area (TPSA) is 50.1 Å². The molecule has 0 saturated heterocycles. The van der Waals surface area contributed by atoms with Gasteiger partial charge in [-0.1, -0.05) is 37.8 Å². The third-order valence-electron chi connectivity index (χ3n) is 3.97. The van der Waals surface area contributed by atoms with Crippen LogP contribution in [0.25, 0.3) is 0 Å². The maximum absolute atomic E-state index is 12.0. The van der Waals surface area contributed by atoms with Gasteiger partial charge >= 0.3 is 5.97 Å². The second kappa shape index (κ2) is 6.38. The van der Waals surface area contributed by atoms with Crippen LogP contribution in [0.1, 0.15) is 49.1 Å². The molecule has 0 aliphatic heterocycles. The highest BCUT2D eigenvalue weighted by molar-refractivity contribution is 5.78. The van der Waals surface area contributed by atoms with Gasteiger partial charge in [0.15, 0.2) is 0 Å². The van der Waals surface area contributed by atoms with Gasteiger partial charge in [0.1, 0.15) is 0 Å². The molecule has 1 aromatic rings. The van der Waals surface area contributed by atoms with E-state index in [1.807, 2.05) is 12.1 Å². The summed E-state index contributed by atoms with van der Waals surface area (Å²) < 4.78 is 4.93. The first-order valence-electron chi connectivity index (χ1n) is 6.82. The van der Waals surface area contributed by atoms with E-state index in [2.05, 4.69) is 6.07 Å². The van der Waals surface area contributed by atoms with Crippen molar-refractivity contribution >= 4 is 5.97 Å². The molecule has 0 unspecified atom stereocenters. The number of ether oxygens (including phenoxy) is 1. The van der Waals surface area contributed by atoms with Crippen molar-refractivity contribution in [3.63, 3.8) is 0 Å². The second-order valence-corrected chi connectivity index (χ2v) is 5.20. The fourth-order valence-corrected chi connectivity index (χ4v) is 2.88. The van der Waals surface area contributed by atoms with Crippen molar-refractivity contribution in [3.05, 3.63) is 35.4 Å². The van der Waals surface area contributed by atoms with E-state index in [4.69, 9.17) is 10.00 Å². The van der Waals surface area contributed by atoms with Crippen LogP contribution in [0, 0.1) is 17.2 Å². The Morgan fingerprint density at radius 1 is 1.37 bits per heavy atom. The van der Waals surface area contributed by atoms with Gasteiger partial charge in [-0.2, -0.15) is 5.26 Å². The molecule has 1 atom stereocenters. The fraction of sp³-hybridized carbons (Fsp3) is 0.500. The first kappa shape index (κ1) is 13.6. The molecule has 0 radical (unpaired) electrons. The van der Waals surface area contributed by atoms with Gasteiger partial charge in [0.05, 0.1) is 24.7 Å². The Morgan fingerprint density at radius 2 is 2.00 bits per heavy atom. The number of carbonyl (C=O) groups is 1. The van der Waals surface area contributed by atoms with E-state index >= 15 is 0 Å². The molecular formula is C16H19NO2. The molecule has 3 heteroatoms. The zero-order valence-electron chi connectivity index (χ0n) is 11.3. The van der Waals surface area contributed by atoms with Gasteiger partial charge in [-0.3, -0.25) is 4.79 Å². The van der Waals surface area contributed by atoms with Crippen LogP contribution in [0.4, 0.5) is 0 Å². The van der Waals surface area contributed by atoms with E-state index in [1.54, 1.807) is 12.1 Å². The summed E-state index contributed by atoms with van der Waals surface area (Å²) in [6.45, 7) is 0. The van der Waals surface area contributed by atoms with Crippen LogP contribution < -0.4 is 0 Å². The standard InChI is InChI=1S/C16H19NO2/c1-19-16(18)15(10-12-4-2-3-5-12)14-8-6-13(11-17)7-9-14/h6-9,12,15H,2-5,10H2,1H3/t15-/m1/s1. The van der Waals surface area contributed by atoms with Gasteiger partial charge in [0, 0.05) is 0 Å². The SMILES string of the molecule is COC(=O)[C@H](CC1CCCC1)c1ccc(C#N)cc1. The number of rotatable bonds is 4. The second-order valence-electron chi connectivity index (χ2n) is 5.20. The van der Waals surface area contributed by atoms with Crippen molar-refractivity contribution in [1.82, 2.24) is 0 Å². The van der Waals surface area contributed by atoms with E-state index in [0.717, 1.165) is 12.0 Å². The monoisotopic (exact) mass is 257 g/mol. The molecule has 1 aliphatic rings. The van der Waals surface area contributed by atoms with E-state index in [1.165, 1.54) is 32.8 Å². The van der Waals surface area contributed by atoms with Crippen LogP contribution >= 0.6 is 0 Å². The van der Waals surface area contributed by atoms with Crippen LogP contribution in [0.3, 0.4) is 0 Å². The largest absolute Gasteiger partial charge is 0.469 e. The fourth-order valence-electron chi connectivity index (χ4n) is 2.88. The zero-order valence-corrected chi connectivity index (χ0v) is 11.3. The Bertz CT molecular complexity index is 467. The normalized spacial score (nSPS) is 16.8. The Morgan fingerprint density at radius 3 is 2.53 bits per heavy atom. The molecule has 1 fully saturated rings. The summed E-state index contributed by atoms with van der Waals surface area (Å²) in [5.41, 5.74) is 1.57. The number of nitriles is 1. The van der Waals surface area contributed by atoms with Gasteiger partial charge in [-0.25, -0.2) is 0 Å². The van der Waals surface area contributed by atoms with Crippen LogP contribution in [0.5, 0.6) is 0 Å². The minimum atomic E-state index is -0.194. The summed E-state index contributed by atoms with van der Waals surface area (Å²) in [6, 6.07) is 9.36. The molecule has 2 rings (SSSR count). The number of hydrogen-bond donors (Lipinski definition) is 0. The number of benzene rings is 1. The average Bonchev–Trinajstić information content (AvgIpc) is 2.97. The number of hydrogen-bond acceptors (Lipinski definition) is 3. The van der Waals surface area contributed by atoms with Gasteiger partial charge in [0.25, 0.3) is 0 Å². The van der Waals surface area contributed by atoms with Crippen molar-refractivity contribution in [2.24, 2.45) is 5.92 Å². The highest BCUT2D eigenvalue weighted by Gasteiger charge is 2.27. The van der Waals surface area contributed by atoms with E-state index in [-0.39, 0.29) is 11.9 Å². The van der Waals surface area contributed by atoms with Gasteiger partial charge < -0.3 is 4.74 Å². The lowest BCUT2D eigenvalue weighted by molar-refractivity contribution is -0.142. The Hall–Kier alpha value is -1.82. The maximum Gasteiger partial charge on any atom is 0.313 e. The van der Waals surface area contributed by atoms with Gasteiger partial charge in [-0.05, 0) is 30.0 Å². The lowest BCUT2D eigenvalue weighted by atomic mass is 9.87. The Kier molecular flexibility index (Phi) is 4.57. The summed E-state index contributed by atoms with van der Waals surface area (Å²) in [5, 5.41) is 8.81. The third-order valence-corrected chi connectivity index (χ3v) is 3.97. The zero-order chi connectivity index (χ0) is 13.7. The molecule has 0 amide bonds. The molecule has 19 heavy (non-hydrogen) atoms. The molecule has 3 nitrogen and oxygen atoms in total. The number of nitrogens with zero attached hydrogens (tertiary/aromatic N) is 1.